The molecule has 2 amide bonds. The van der Waals surface area contributed by atoms with Crippen molar-refractivity contribution in [2.75, 3.05) is 6.54 Å². The van der Waals surface area contributed by atoms with Crippen molar-refractivity contribution in [3.63, 3.8) is 0 Å². The van der Waals surface area contributed by atoms with E-state index >= 15 is 0 Å². The molecule has 19 heavy (non-hydrogen) atoms. The number of likely N-dealkylation sites (tertiary alicyclic amines) is 1. The number of aliphatic carboxylic acids is 1. The van der Waals surface area contributed by atoms with Gasteiger partial charge in [-0.25, -0.2) is 4.79 Å². The van der Waals surface area contributed by atoms with Crippen molar-refractivity contribution in [2.45, 2.75) is 58.0 Å². The van der Waals surface area contributed by atoms with Gasteiger partial charge in [0.05, 0.1) is 5.92 Å². The zero-order chi connectivity index (χ0) is 14.0. The minimum absolute atomic E-state index is 0.00803. The van der Waals surface area contributed by atoms with Gasteiger partial charge in [-0.3, -0.25) is 4.79 Å². The first-order valence-corrected chi connectivity index (χ1v) is 7.27. The molecule has 2 N–H and O–H groups in total. The van der Waals surface area contributed by atoms with Gasteiger partial charge in [-0.15, -0.1) is 0 Å². The van der Waals surface area contributed by atoms with Gasteiger partial charge in [0.25, 0.3) is 0 Å². The average molecular weight is 268 g/mol. The summed E-state index contributed by atoms with van der Waals surface area (Å²) in [6.07, 6.45) is 4.43. The van der Waals surface area contributed by atoms with E-state index in [1.54, 1.807) is 4.90 Å². The van der Waals surface area contributed by atoms with E-state index in [2.05, 4.69) is 12.2 Å². The molecule has 108 valence electrons. The van der Waals surface area contributed by atoms with Crippen LogP contribution in [0.25, 0.3) is 0 Å². The zero-order valence-corrected chi connectivity index (χ0v) is 11.8. The summed E-state index contributed by atoms with van der Waals surface area (Å²) in [5.41, 5.74) is 0. The third kappa shape index (κ3) is 3.39. The molecule has 4 unspecified atom stereocenters. The molecule has 0 aromatic heterocycles. The number of amides is 2. The third-order valence-corrected chi connectivity index (χ3v) is 4.51. The minimum Gasteiger partial charge on any atom is -0.481 e. The quantitative estimate of drug-likeness (QED) is 0.805. The first-order valence-electron chi connectivity index (χ1n) is 7.27. The van der Waals surface area contributed by atoms with E-state index in [1.807, 2.05) is 6.92 Å². The Hall–Kier alpha value is -1.26. The molecular formula is C14H24N2O3. The topological polar surface area (TPSA) is 69.6 Å². The molecule has 2 rings (SSSR count). The molecule has 4 atom stereocenters. The fourth-order valence-corrected chi connectivity index (χ4v) is 3.29. The Bertz CT molecular complexity index is 359. The summed E-state index contributed by atoms with van der Waals surface area (Å²) in [7, 11) is 0. The Morgan fingerprint density at radius 3 is 2.42 bits per heavy atom. The van der Waals surface area contributed by atoms with Crippen LogP contribution in [0.4, 0.5) is 4.79 Å². The van der Waals surface area contributed by atoms with Crippen molar-refractivity contribution in [3.8, 4) is 0 Å². The first-order chi connectivity index (χ1) is 8.97. The van der Waals surface area contributed by atoms with E-state index < -0.39 is 5.97 Å². The van der Waals surface area contributed by atoms with Crippen LogP contribution in [0.5, 0.6) is 0 Å². The molecule has 2 fully saturated rings. The number of piperidine rings is 1. The van der Waals surface area contributed by atoms with Crippen molar-refractivity contribution in [1.82, 2.24) is 10.2 Å². The fourth-order valence-electron chi connectivity index (χ4n) is 3.29. The van der Waals surface area contributed by atoms with Gasteiger partial charge in [-0.05, 0) is 44.9 Å². The monoisotopic (exact) mass is 268 g/mol. The molecule has 2 aliphatic rings. The molecule has 1 heterocycles. The van der Waals surface area contributed by atoms with E-state index in [-0.39, 0.29) is 18.0 Å². The highest BCUT2D eigenvalue weighted by molar-refractivity contribution is 5.76. The fraction of sp³-hybridized carbons (Fsp3) is 0.857. The van der Waals surface area contributed by atoms with Gasteiger partial charge in [0.1, 0.15) is 0 Å². The van der Waals surface area contributed by atoms with E-state index in [0.29, 0.717) is 31.3 Å². The number of carboxylic acids is 1. The number of nitrogens with one attached hydrogen (secondary N) is 1. The van der Waals surface area contributed by atoms with Crippen LogP contribution in [-0.4, -0.2) is 40.6 Å². The smallest absolute Gasteiger partial charge is 0.317 e. The molecule has 0 aromatic rings. The minimum atomic E-state index is -0.739. The lowest BCUT2D eigenvalue weighted by molar-refractivity contribution is -0.143. The Morgan fingerprint density at radius 1 is 1.16 bits per heavy atom. The van der Waals surface area contributed by atoms with E-state index in [1.165, 1.54) is 6.42 Å². The SMILES string of the molecule is CC1CCC(NC(=O)N2CCC(C(=O)O)CC2C)C1. The summed E-state index contributed by atoms with van der Waals surface area (Å²) in [6.45, 7) is 4.70. The molecule has 1 saturated heterocycles. The molecule has 5 nitrogen and oxygen atoms in total. The van der Waals surface area contributed by atoms with Crippen molar-refractivity contribution in [2.24, 2.45) is 11.8 Å². The van der Waals surface area contributed by atoms with Crippen molar-refractivity contribution < 1.29 is 14.7 Å². The summed E-state index contributed by atoms with van der Waals surface area (Å²) in [5.74, 6) is -0.345. The van der Waals surface area contributed by atoms with E-state index in [0.717, 1.165) is 12.8 Å². The summed E-state index contributed by atoms with van der Waals surface area (Å²) in [4.78, 5) is 25.0. The average Bonchev–Trinajstić information content (AvgIpc) is 2.74. The molecule has 5 heteroatoms. The lowest BCUT2D eigenvalue weighted by Gasteiger charge is -2.36. The third-order valence-electron chi connectivity index (χ3n) is 4.51. The highest BCUT2D eigenvalue weighted by atomic mass is 16.4. The van der Waals surface area contributed by atoms with Crippen LogP contribution in [-0.2, 0) is 4.79 Å². The van der Waals surface area contributed by atoms with Crippen molar-refractivity contribution in [1.29, 1.82) is 0 Å². The number of urea groups is 1. The maximum absolute atomic E-state index is 12.2. The lowest BCUT2D eigenvalue weighted by Crippen LogP contribution is -2.52. The summed E-state index contributed by atoms with van der Waals surface area (Å²) in [5, 5.41) is 12.1. The van der Waals surface area contributed by atoms with Gasteiger partial charge in [0.2, 0.25) is 0 Å². The van der Waals surface area contributed by atoms with Crippen LogP contribution in [0.1, 0.15) is 46.0 Å². The predicted octanol–water partition coefficient (Wildman–Crippen LogP) is 2.07. The van der Waals surface area contributed by atoms with Crippen LogP contribution in [0, 0.1) is 11.8 Å². The second-order valence-corrected chi connectivity index (χ2v) is 6.17. The van der Waals surface area contributed by atoms with Gasteiger partial charge in [-0.2, -0.15) is 0 Å². The molecule has 1 saturated carbocycles. The van der Waals surface area contributed by atoms with Crippen LogP contribution >= 0.6 is 0 Å². The predicted molar refractivity (Wildman–Crippen MR) is 71.9 cm³/mol. The van der Waals surface area contributed by atoms with Crippen molar-refractivity contribution in [3.05, 3.63) is 0 Å². The maximum atomic E-state index is 12.2. The van der Waals surface area contributed by atoms with Gasteiger partial charge in [0, 0.05) is 18.6 Å². The lowest BCUT2D eigenvalue weighted by atomic mass is 9.92. The summed E-state index contributed by atoms with van der Waals surface area (Å²) >= 11 is 0. The highest BCUT2D eigenvalue weighted by Gasteiger charge is 2.33. The second kappa shape index (κ2) is 5.80. The maximum Gasteiger partial charge on any atom is 0.317 e. The molecular weight excluding hydrogens is 244 g/mol. The Balaban J connectivity index is 1.84. The van der Waals surface area contributed by atoms with Crippen LogP contribution in [0.3, 0.4) is 0 Å². The Kier molecular flexibility index (Phi) is 4.32. The van der Waals surface area contributed by atoms with Gasteiger partial charge in [0.15, 0.2) is 0 Å². The number of hydrogen-bond acceptors (Lipinski definition) is 2. The van der Waals surface area contributed by atoms with E-state index in [9.17, 15) is 9.59 Å². The van der Waals surface area contributed by atoms with Crippen molar-refractivity contribution >= 4 is 12.0 Å². The summed E-state index contributed by atoms with van der Waals surface area (Å²) in [6, 6.07) is 0.288. The molecule has 1 aliphatic carbocycles. The Morgan fingerprint density at radius 2 is 1.89 bits per heavy atom. The second-order valence-electron chi connectivity index (χ2n) is 6.17. The van der Waals surface area contributed by atoms with E-state index in [4.69, 9.17) is 5.11 Å². The number of carbonyl (C=O) groups excluding carboxylic acids is 1. The number of carboxylic acid groups (broad SMARTS) is 1. The van der Waals surface area contributed by atoms with Crippen LogP contribution in [0.2, 0.25) is 0 Å². The van der Waals surface area contributed by atoms with Gasteiger partial charge < -0.3 is 15.3 Å². The largest absolute Gasteiger partial charge is 0.481 e. The molecule has 0 bridgehead atoms. The van der Waals surface area contributed by atoms with Gasteiger partial charge in [-0.1, -0.05) is 6.92 Å². The number of hydrogen-bond donors (Lipinski definition) is 2. The number of carbonyl (C=O) groups is 2. The normalized spacial score (nSPS) is 35.2. The number of nitrogens with zero attached hydrogens (tertiary/aromatic N) is 1. The summed E-state index contributed by atoms with van der Waals surface area (Å²) < 4.78 is 0. The molecule has 0 spiro atoms. The Labute approximate surface area is 114 Å². The standard InChI is InChI=1S/C14H24N2O3/c1-9-3-4-12(7-9)15-14(19)16-6-5-11(13(17)18)8-10(16)2/h9-12H,3-8H2,1-2H3,(H,15,19)(H,17,18). The molecule has 0 radical (unpaired) electrons. The van der Waals surface area contributed by atoms with Crippen LogP contribution in [0.15, 0.2) is 0 Å². The van der Waals surface area contributed by atoms with Gasteiger partial charge >= 0.3 is 12.0 Å². The first kappa shape index (κ1) is 14.2. The zero-order valence-electron chi connectivity index (χ0n) is 11.8. The van der Waals surface area contributed by atoms with Crippen LogP contribution < -0.4 is 5.32 Å². The molecule has 0 aromatic carbocycles. The molecule has 1 aliphatic heterocycles. The highest BCUT2D eigenvalue weighted by Crippen LogP contribution is 2.26. The number of rotatable bonds is 2.